The maximum absolute atomic E-state index is 12.7. The Hall–Kier alpha value is -2.69. The number of hydrogen-bond acceptors (Lipinski definition) is 5. The van der Waals surface area contributed by atoms with E-state index in [1.165, 1.54) is 25.7 Å². The van der Waals surface area contributed by atoms with Crippen LogP contribution in [-0.4, -0.2) is 26.5 Å². The van der Waals surface area contributed by atoms with Crippen molar-refractivity contribution in [2.75, 3.05) is 20.5 Å². The van der Waals surface area contributed by atoms with E-state index in [1.54, 1.807) is 7.11 Å². The molecule has 2 aromatic carbocycles. The molecule has 0 aliphatic carbocycles. The Labute approximate surface area is 185 Å². The number of aryl methyl sites for hydroxylation is 1. The zero-order chi connectivity index (χ0) is 22.1. The third-order valence-corrected chi connectivity index (χ3v) is 5.79. The van der Waals surface area contributed by atoms with Gasteiger partial charge in [0, 0.05) is 5.92 Å². The van der Waals surface area contributed by atoms with E-state index in [0.29, 0.717) is 6.61 Å². The van der Waals surface area contributed by atoms with Crippen molar-refractivity contribution < 1.29 is 23.7 Å². The molecule has 0 N–H and O–H groups in total. The summed E-state index contributed by atoms with van der Waals surface area (Å²) in [4.78, 5) is 12.7. The topological polar surface area (TPSA) is 54.0 Å². The molecule has 0 saturated heterocycles. The van der Waals surface area contributed by atoms with E-state index >= 15 is 0 Å². The molecule has 168 valence electrons. The van der Waals surface area contributed by atoms with Gasteiger partial charge in [0.25, 0.3) is 0 Å². The lowest BCUT2D eigenvalue weighted by atomic mass is 9.85. The van der Waals surface area contributed by atoms with Crippen LogP contribution in [0.15, 0.2) is 36.4 Å². The minimum atomic E-state index is -0.175. The number of rotatable bonds is 12. The number of methoxy groups -OCH3 is 1. The molecule has 1 heterocycles. The standard InChI is InChI=1S/C26H34O5/c1-4-5-6-7-8-9-14-29-26(27)17-23(20-10-12-21(28-3)13-11-20)22-16-25-24(15-19(22)2)30-18-31-25/h10-13,15-16,23H,4-9,14,17-18H2,1-3H3. The van der Waals surface area contributed by atoms with Crippen LogP contribution in [0.3, 0.4) is 0 Å². The molecule has 2 aromatic rings. The van der Waals surface area contributed by atoms with Gasteiger partial charge in [-0.15, -0.1) is 0 Å². The van der Waals surface area contributed by atoms with E-state index in [4.69, 9.17) is 18.9 Å². The van der Waals surface area contributed by atoms with Gasteiger partial charge in [0.15, 0.2) is 11.5 Å². The van der Waals surface area contributed by atoms with Gasteiger partial charge in [0.2, 0.25) is 6.79 Å². The number of hydrogen-bond donors (Lipinski definition) is 0. The lowest BCUT2D eigenvalue weighted by Gasteiger charge is -2.20. The number of benzene rings is 2. The van der Waals surface area contributed by atoms with Gasteiger partial charge in [0.1, 0.15) is 5.75 Å². The summed E-state index contributed by atoms with van der Waals surface area (Å²) in [5, 5.41) is 0. The summed E-state index contributed by atoms with van der Waals surface area (Å²) in [5.74, 6) is 1.96. The van der Waals surface area contributed by atoms with Gasteiger partial charge in [-0.3, -0.25) is 4.79 Å². The smallest absolute Gasteiger partial charge is 0.306 e. The van der Waals surface area contributed by atoms with Crippen LogP contribution in [-0.2, 0) is 9.53 Å². The molecular formula is C26H34O5. The van der Waals surface area contributed by atoms with E-state index < -0.39 is 0 Å². The Morgan fingerprint density at radius 2 is 1.68 bits per heavy atom. The maximum Gasteiger partial charge on any atom is 0.306 e. The van der Waals surface area contributed by atoms with Crippen LogP contribution < -0.4 is 14.2 Å². The van der Waals surface area contributed by atoms with Gasteiger partial charge >= 0.3 is 5.97 Å². The van der Waals surface area contributed by atoms with Crippen LogP contribution in [0.1, 0.15) is 74.5 Å². The van der Waals surface area contributed by atoms with Gasteiger partial charge in [-0.25, -0.2) is 0 Å². The molecule has 31 heavy (non-hydrogen) atoms. The Morgan fingerprint density at radius 3 is 2.39 bits per heavy atom. The molecule has 0 spiro atoms. The third kappa shape index (κ3) is 6.39. The third-order valence-electron chi connectivity index (χ3n) is 5.79. The molecule has 0 amide bonds. The van der Waals surface area contributed by atoms with E-state index in [9.17, 15) is 4.79 Å². The summed E-state index contributed by atoms with van der Waals surface area (Å²) in [6, 6.07) is 11.8. The number of ether oxygens (including phenoxy) is 4. The highest BCUT2D eigenvalue weighted by molar-refractivity contribution is 5.72. The Kier molecular flexibility index (Phi) is 8.63. The lowest BCUT2D eigenvalue weighted by molar-refractivity contribution is -0.144. The highest BCUT2D eigenvalue weighted by Crippen LogP contribution is 2.40. The maximum atomic E-state index is 12.7. The van der Waals surface area contributed by atoms with Gasteiger partial charge in [-0.1, -0.05) is 51.2 Å². The van der Waals surface area contributed by atoms with Crippen molar-refractivity contribution >= 4 is 5.97 Å². The monoisotopic (exact) mass is 426 g/mol. The molecule has 1 aliphatic heterocycles. The second-order valence-corrected chi connectivity index (χ2v) is 8.08. The van der Waals surface area contributed by atoms with Crippen LogP contribution in [0.25, 0.3) is 0 Å². The van der Waals surface area contributed by atoms with E-state index in [-0.39, 0.29) is 25.1 Å². The van der Waals surface area contributed by atoms with Crippen molar-refractivity contribution in [1.82, 2.24) is 0 Å². The van der Waals surface area contributed by atoms with Crippen LogP contribution >= 0.6 is 0 Å². The van der Waals surface area contributed by atoms with Crippen molar-refractivity contribution in [3.05, 3.63) is 53.1 Å². The first-order valence-corrected chi connectivity index (χ1v) is 11.3. The molecule has 3 rings (SSSR count). The molecule has 5 nitrogen and oxygen atoms in total. The average molecular weight is 427 g/mol. The largest absolute Gasteiger partial charge is 0.497 e. The summed E-state index contributed by atoms with van der Waals surface area (Å²) in [5.41, 5.74) is 3.15. The molecule has 0 aromatic heterocycles. The highest BCUT2D eigenvalue weighted by Gasteiger charge is 2.24. The minimum Gasteiger partial charge on any atom is -0.497 e. The fraction of sp³-hybridized carbons (Fsp3) is 0.500. The van der Waals surface area contributed by atoms with Crippen LogP contribution in [0.4, 0.5) is 0 Å². The first-order chi connectivity index (χ1) is 15.1. The summed E-state index contributed by atoms with van der Waals surface area (Å²) < 4.78 is 22.0. The molecular weight excluding hydrogens is 392 g/mol. The van der Waals surface area contributed by atoms with Crippen molar-refractivity contribution in [2.24, 2.45) is 0 Å². The van der Waals surface area contributed by atoms with Crippen molar-refractivity contribution in [2.45, 2.75) is 64.7 Å². The lowest BCUT2D eigenvalue weighted by Crippen LogP contribution is -2.13. The van der Waals surface area contributed by atoms with E-state index in [1.807, 2.05) is 43.3 Å². The number of unbranched alkanes of at least 4 members (excludes halogenated alkanes) is 5. The summed E-state index contributed by atoms with van der Waals surface area (Å²) in [6.45, 7) is 4.96. The first-order valence-electron chi connectivity index (χ1n) is 11.3. The molecule has 0 fully saturated rings. The Bertz CT molecular complexity index is 844. The van der Waals surface area contributed by atoms with Gasteiger partial charge in [-0.2, -0.15) is 0 Å². The number of fused-ring (bicyclic) bond motifs is 1. The summed E-state index contributed by atoms with van der Waals surface area (Å²) >= 11 is 0. The Morgan fingerprint density at radius 1 is 1.00 bits per heavy atom. The minimum absolute atomic E-state index is 0.127. The van der Waals surface area contributed by atoms with Crippen LogP contribution in [0, 0.1) is 6.92 Å². The molecule has 0 saturated carbocycles. The zero-order valence-electron chi connectivity index (χ0n) is 18.9. The van der Waals surface area contributed by atoms with Crippen LogP contribution in [0.2, 0.25) is 0 Å². The molecule has 5 heteroatoms. The van der Waals surface area contributed by atoms with E-state index in [0.717, 1.165) is 46.8 Å². The first kappa shape index (κ1) is 23.0. The second-order valence-electron chi connectivity index (χ2n) is 8.08. The van der Waals surface area contributed by atoms with Gasteiger partial charge in [-0.05, 0) is 54.3 Å². The predicted octanol–water partition coefficient (Wildman–Crippen LogP) is 6.16. The Balaban J connectivity index is 1.69. The number of carbonyl (C=O) groups is 1. The molecule has 0 bridgehead atoms. The quantitative estimate of drug-likeness (QED) is 0.301. The molecule has 1 atom stereocenters. The van der Waals surface area contributed by atoms with Crippen molar-refractivity contribution in [1.29, 1.82) is 0 Å². The zero-order valence-corrected chi connectivity index (χ0v) is 18.9. The van der Waals surface area contributed by atoms with Crippen molar-refractivity contribution in [3.8, 4) is 17.2 Å². The molecule has 1 unspecified atom stereocenters. The fourth-order valence-corrected chi connectivity index (χ4v) is 3.97. The number of carbonyl (C=O) groups excluding carboxylic acids is 1. The SMILES string of the molecule is CCCCCCCCOC(=O)CC(c1ccc(OC)cc1)c1cc2c(cc1C)OCO2. The highest BCUT2D eigenvalue weighted by atomic mass is 16.7. The molecule has 1 aliphatic rings. The predicted molar refractivity (Wildman–Crippen MR) is 121 cm³/mol. The summed E-state index contributed by atoms with van der Waals surface area (Å²) in [7, 11) is 1.65. The van der Waals surface area contributed by atoms with Gasteiger partial charge in [0.05, 0.1) is 20.1 Å². The van der Waals surface area contributed by atoms with Gasteiger partial charge < -0.3 is 18.9 Å². The van der Waals surface area contributed by atoms with Crippen molar-refractivity contribution in [3.63, 3.8) is 0 Å². The molecule has 0 radical (unpaired) electrons. The second kappa shape index (κ2) is 11.6. The van der Waals surface area contributed by atoms with Crippen LogP contribution in [0.5, 0.6) is 17.2 Å². The normalized spacial score (nSPS) is 13.1. The van der Waals surface area contributed by atoms with E-state index in [2.05, 4.69) is 6.92 Å². The number of esters is 1. The summed E-state index contributed by atoms with van der Waals surface area (Å²) in [6.07, 6.45) is 7.29. The fourth-order valence-electron chi connectivity index (χ4n) is 3.97. The average Bonchev–Trinajstić information content (AvgIpc) is 3.23.